The summed E-state index contributed by atoms with van der Waals surface area (Å²) in [5.41, 5.74) is 0. The summed E-state index contributed by atoms with van der Waals surface area (Å²) < 4.78 is 5.12. The topological polar surface area (TPSA) is 9.23 Å². The highest BCUT2D eigenvalue weighted by molar-refractivity contribution is 7.81. The number of rotatable bonds is 1. The van der Waals surface area contributed by atoms with Crippen LogP contribution in [0.1, 0.15) is 13.3 Å². The van der Waals surface area contributed by atoms with Crippen LogP contribution in [0.3, 0.4) is 0 Å². The maximum Gasteiger partial charge on any atom is 0.0711 e. The van der Waals surface area contributed by atoms with Crippen molar-refractivity contribution < 1.29 is 4.74 Å². The van der Waals surface area contributed by atoms with Crippen LogP contribution in [0.15, 0.2) is 0 Å². The summed E-state index contributed by atoms with van der Waals surface area (Å²) in [6.07, 6.45) is 1.55. The van der Waals surface area contributed by atoms with E-state index in [1.165, 1.54) is 0 Å². The van der Waals surface area contributed by atoms with Gasteiger partial charge in [-0.05, 0) is 6.42 Å². The van der Waals surface area contributed by atoms with Crippen molar-refractivity contribution in [2.24, 2.45) is 0 Å². The van der Waals surface area contributed by atoms with Crippen molar-refractivity contribution >= 4 is 12.6 Å². The predicted molar refractivity (Wildman–Crippen MR) is 32.8 cm³/mol. The van der Waals surface area contributed by atoms with Gasteiger partial charge in [0.25, 0.3) is 0 Å². The van der Waals surface area contributed by atoms with Gasteiger partial charge in [0.05, 0.1) is 18.0 Å². The van der Waals surface area contributed by atoms with E-state index in [-0.39, 0.29) is 0 Å². The molecule has 1 saturated heterocycles. The molecule has 1 nitrogen and oxygen atoms in total. The van der Waals surface area contributed by atoms with Crippen molar-refractivity contribution in [3.05, 3.63) is 0 Å². The number of hydrogen-bond acceptors (Lipinski definition) is 2. The normalized spacial score (nSPS) is 40.3. The molecule has 0 aromatic rings. The minimum atomic E-state index is 0.448. The van der Waals surface area contributed by atoms with Crippen molar-refractivity contribution in [2.75, 3.05) is 6.61 Å². The van der Waals surface area contributed by atoms with Gasteiger partial charge in [-0.1, -0.05) is 6.92 Å². The van der Waals surface area contributed by atoms with E-state index in [4.69, 9.17) is 4.74 Å². The van der Waals surface area contributed by atoms with Gasteiger partial charge >= 0.3 is 0 Å². The molecule has 0 aromatic heterocycles. The zero-order valence-electron chi connectivity index (χ0n) is 4.42. The summed E-state index contributed by atoms with van der Waals surface area (Å²) in [5.74, 6) is 0. The SMILES string of the molecule is CCC1OCC1S. The van der Waals surface area contributed by atoms with Crippen LogP contribution < -0.4 is 0 Å². The molecular weight excluding hydrogens is 108 g/mol. The van der Waals surface area contributed by atoms with Crippen molar-refractivity contribution in [1.29, 1.82) is 0 Å². The van der Waals surface area contributed by atoms with Gasteiger partial charge in [-0.25, -0.2) is 0 Å². The Morgan fingerprint density at radius 2 is 2.57 bits per heavy atom. The molecule has 2 atom stereocenters. The molecule has 0 aromatic carbocycles. The smallest absolute Gasteiger partial charge is 0.0711 e. The standard InChI is InChI=1S/C5H10OS/c1-2-4-5(7)3-6-4/h4-5,7H,2-3H2,1H3. The Morgan fingerprint density at radius 3 is 2.57 bits per heavy atom. The average Bonchev–Trinajstić information content (AvgIpc) is 1.65. The van der Waals surface area contributed by atoms with Crippen LogP contribution in [0.25, 0.3) is 0 Å². The molecule has 1 aliphatic heterocycles. The molecule has 0 bridgehead atoms. The van der Waals surface area contributed by atoms with Gasteiger partial charge in [0, 0.05) is 0 Å². The molecule has 2 unspecified atom stereocenters. The van der Waals surface area contributed by atoms with E-state index in [0.29, 0.717) is 11.4 Å². The van der Waals surface area contributed by atoms with Crippen molar-refractivity contribution in [3.8, 4) is 0 Å². The Labute approximate surface area is 49.5 Å². The van der Waals surface area contributed by atoms with Gasteiger partial charge < -0.3 is 4.74 Å². The van der Waals surface area contributed by atoms with Gasteiger partial charge in [0.1, 0.15) is 0 Å². The summed E-state index contributed by atoms with van der Waals surface area (Å²) in [4.78, 5) is 0. The van der Waals surface area contributed by atoms with Crippen LogP contribution in [0, 0.1) is 0 Å². The van der Waals surface area contributed by atoms with Crippen molar-refractivity contribution in [2.45, 2.75) is 24.7 Å². The zero-order chi connectivity index (χ0) is 5.28. The lowest BCUT2D eigenvalue weighted by atomic mass is 10.1. The molecule has 7 heavy (non-hydrogen) atoms. The zero-order valence-corrected chi connectivity index (χ0v) is 5.32. The Morgan fingerprint density at radius 1 is 1.86 bits per heavy atom. The molecule has 0 radical (unpaired) electrons. The van der Waals surface area contributed by atoms with Crippen LogP contribution >= 0.6 is 12.6 Å². The van der Waals surface area contributed by atoms with Gasteiger partial charge in [0.2, 0.25) is 0 Å². The summed E-state index contributed by atoms with van der Waals surface area (Å²) in [7, 11) is 0. The molecule has 0 amide bonds. The maximum atomic E-state index is 5.12. The molecule has 1 aliphatic rings. The second kappa shape index (κ2) is 2.05. The first kappa shape index (κ1) is 5.45. The van der Waals surface area contributed by atoms with Crippen LogP contribution in [-0.4, -0.2) is 18.0 Å². The third kappa shape index (κ3) is 0.916. The average molecular weight is 118 g/mol. The fourth-order valence-electron chi connectivity index (χ4n) is 0.708. The minimum absolute atomic E-state index is 0.448. The molecule has 0 spiro atoms. The summed E-state index contributed by atoms with van der Waals surface area (Å²) in [5, 5.41) is 0.519. The van der Waals surface area contributed by atoms with Crippen LogP contribution in [0.4, 0.5) is 0 Å². The quantitative estimate of drug-likeness (QED) is 0.507. The highest BCUT2D eigenvalue weighted by atomic mass is 32.1. The first-order valence-corrected chi connectivity index (χ1v) is 3.16. The molecule has 0 aliphatic carbocycles. The van der Waals surface area contributed by atoms with Crippen molar-refractivity contribution in [1.82, 2.24) is 0 Å². The maximum absolute atomic E-state index is 5.12. The van der Waals surface area contributed by atoms with E-state index in [1.807, 2.05) is 0 Å². The summed E-state index contributed by atoms with van der Waals surface area (Å²) in [6, 6.07) is 0. The molecule has 42 valence electrons. The highest BCUT2D eigenvalue weighted by Crippen LogP contribution is 2.20. The third-order valence-corrected chi connectivity index (χ3v) is 1.79. The monoisotopic (exact) mass is 118 g/mol. The Hall–Kier alpha value is 0.310. The van der Waals surface area contributed by atoms with Gasteiger partial charge in [-0.3, -0.25) is 0 Å². The third-order valence-electron chi connectivity index (χ3n) is 1.31. The lowest BCUT2D eigenvalue weighted by Gasteiger charge is -2.32. The highest BCUT2D eigenvalue weighted by Gasteiger charge is 2.26. The van der Waals surface area contributed by atoms with Gasteiger partial charge in [-0.2, -0.15) is 12.6 Å². The molecule has 1 rings (SSSR count). The first-order valence-electron chi connectivity index (χ1n) is 2.64. The number of hydrogen-bond donors (Lipinski definition) is 1. The van der Waals surface area contributed by atoms with E-state index < -0.39 is 0 Å². The van der Waals surface area contributed by atoms with Crippen molar-refractivity contribution in [3.63, 3.8) is 0 Å². The minimum Gasteiger partial charge on any atom is -0.376 e. The number of thiol groups is 1. The van der Waals surface area contributed by atoms with E-state index in [2.05, 4.69) is 19.6 Å². The largest absolute Gasteiger partial charge is 0.376 e. The Kier molecular flexibility index (Phi) is 1.60. The van der Waals surface area contributed by atoms with E-state index in [1.54, 1.807) is 0 Å². The second-order valence-electron chi connectivity index (χ2n) is 1.85. The fraction of sp³-hybridized carbons (Fsp3) is 1.00. The Balaban J connectivity index is 2.16. The molecule has 0 saturated carbocycles. The van der Waals surface area contributed by atoms with E-state index >= 15 is 0 Å². The van der Waals surface area contributed by atoms with E-state index in [9.17, 15) is 0 Å². The second-order valence-corrected chi connectivity index (χ2v) is 2.51. The molecule has 0 N–H and O–H groups in total. The predicted octanol–water partition coefficient (Wildman–Crippen LogP) is 1.09. The lowest BCUT2D eigenvalue weighted by molar-refractivity contribution is -0.0420. The van der Waals surface area contributed by atoms with Gasteiger partial charge in [0.15, 0.2) is 0 Å². The fourth-order valence-corrected chi connectivity index (χ4v) is 1.09. The first-order chi connectivity index (χ1) is 3.34. The molecule has 1 heterocycles. The number of ether oxygens (including phenoxy) is 1. The molecule has 1 fully saturated rings. The van der Waals surface area contributed by atoms with Crippen LogP contribution in [-0.2, 0) is 4.74 Å². The lowest BCUT2D eigenvalue weighted by Crippen LogP contribution is -2.40. The molecule has 2 heteroatoms. The summed E-state index contributed by atoms with van der Waals surface area (Å²) >= 11 is 4.23. The Bertz CT molecular complexity index is 63.1. The van der Waals surface area contributed by atoms with Crippen LogP contribution in [0.2, 0.25) is 0 Å². The van der Waals surface area contributed by atoms with Gasteiger partial charge in [-0.15, -0.1) is 0 Å². The van der Waals surface area contributed by atoms with E-state index in [0.717, 1.165) is 13.0 Å². The van der Waals surface area contributed by atoms with Crippen LogP contribution in [0.5, 0.6) is 0 Å². The molecular formula is C5H10OS. The summed E-state index contributed by atoms with van der Waals surface area (Å²) in [6.45, 7) is 2.97.